The standard InChI is InChI=1S/C16H14N4O2/c17-10-13-7-4-8-14(9-13)20-16(22)19(15(21)18-20)11-12-5-2-1-3-6-12/h1-3,5-6,8-9H,4,7,11H2,(H,18,21). The van der Waals surface area contributed by atoms with Gasteiger partial charge in [0.1, 0.15) is 0 Å². The minimum Gasteiger partial charge on any atom is -0.246 e. The van der Waals surface area contributed by atoms with Crippen LogP contribution < -0.4 is 11.4 Å². The molecule has 6 heteroatoms. The van der Waals surface area contributed by atoms with Crippen molar-refractivity contribution in [1.82, 2.24) is 14.3 Å². The second kappa shape index (κ2) is 5.74. The van der Waals surface area contributed by atoms with Gasteiger partial charge in [-0.05, 0) is 24.5 Å². The fraction of sp³-hybridized carbons (Fsp3) is 0.188. The van der Waals surface area contributed by atoms with Gasteiger partial charge >= 0.3 is 11.4 Å². The molecule has 1 aromatic heterocycles. The predicted molar refractivity (Wildman–Crippen MR) is 82.1 cm³/mol. The van der Waals surface area contributed by atoms with Crippen molar-refractivity contribution >= 4 is 5.70 Å². The van der Waals surface area contributed by atoms with Crippen LogP contribution in [0.15, 0.2) is 57.6 Å². The third-order valence-electron chi connectivity index (χ3n) is 3.55. The lowest BCUT2D eigenvalue weighted by Crippen LogP contribution is -2.29. The third kappa shape index (κ3) is 2.56. The van der Waals surface area contributed by atoms with Crippen LogP contribution >= 0.6 is 0 Å². The summed E-state index contributed by atoms with van der Waals surface area (Å²) in [6, 6.07) is 11.4. The van der Waals surface area contributed by atoms with Gasteiger partial charge in [-0.3, -0.25) is 0 Å². The highest BCUT2D eigenvalue weighted by atomic mass is 16.2. The molecule has 0 bridgehead atoms. The second-order valence-electron chi connectivity index (χ2n) is 5.06. The molecule has 0 unspecified atom stereocenters. The first-order valence-corrected chi connectivity index (χ1v) is 6.96. The zero-order valence-electron chi connectivity index (χ0n) is 11.8. The Balaban J connectivity index is 2.00. The predicted octanol–water partition coefficient (Wildman–Crippen LogP) is 1.47. The Hall–Kier alpha value is -3.07. The van der Waals surface area contributed by atoms with Gasteiger partial charge in [0, 0.05) is 5.57 Å². The Bertz CT molecular complexity index is 904. The van der Waals surface area contributed by atoms with E-state index in [1.807, 2.05) is 36.4 Å². The SMILES string of the molecule is N#CC1=CC(n2[nH]c(=O)n(Cc3ccccc3)c2=O)=CCC1. The van der Waals surface area contributed by atoms with Crippen LogP contribution in [-0.2, 0) is 6.54 Å². The van der Waals surface area contributed by atoms with Crippen LogP contribution in [0.1, 0.15) is 18.4 Å². The molecule has 0 fully saturated rings. The molecule has 0 saturated heterocycles. The van der Waals surface area contributed by atoms with Crippen molar-refractivity contribution in [3.63, 3.8) is 0 Å². The van der Waals surface area contributed by atoms with Gasteiger partial charge in [0.2, 0.25) is 0 Å². The summed E-state index contributed by atoms with van der Waals surface area (Å²) in [7, 11) is 0. The van der Waals surface area contributed by atoms with E-state index in [0.29, 0.717) is 24.1 Å². The van der Waals surface area contributed by atoms with Crippen LogP contribution in [0.2, 0.25) is 0 Å². The normalized spacial score (nSPS) is 14.1. The van der Waals surface area contributed by atoms with Crippen molar-refractivity contribution in [2.24, 2.45) is 0 Å². The van der Waals surface area contributed by atoms with E-state index in [-0.39, 0.29) is 6.54 Å². The maximum absolute atomic E-state index is 12.4. The summed E-state index contributed by atoms with van der Waals surface area (Å²) in [6.07, 6.45) is 4.80. The molecule has 6 nitrogen and oxygen atoms in total. The van der Waals surface area contributed by atoms with E-state index in [1.165, 1.54) is 4.68 Å². The van der Waals surface area contributed by atoms with E-state index >= 15 is 0 Å². The fourth-order valence-corrected chi connectivity index (χ4v) is 2.42. The van der Waals surface area contributed by atoms with Crippen molar-refractivity contribution < 1.29 is 0 Å². The second-order valence-corrected chi connectivity index (χ2v) is 5.06. The van der Waals surface area contributed by atoms with Gasteiger partial charge in [-0.1, -0.05) is 36.4 Å². The Morgan fingerprint density at radius 1 is 1.23 bits per heavy atom. The average Bonchev–Trinajstić information content (AvgIpc) is 2.84. The molecule has 0 aliphatic heterocycles. The smallest absolute Gasteiger partial charge is 0.246 e. The van der Waals surface area contributed by atoms with Crippen molar-refractivity contribution in [2.45, 2.75) is 19.4 Å². The van der Waals surface area contributed by atoms with Gasteiger partial charge < -0.3 is 0 Å². The number of hydrogen-bond acceptors (Lipinski definition) is 3. The molecular weight excluding hydrogens is 280 g/mol. The molecule has 0 radical (unpaired) electrons. The number of nitrogens with one attached hydrogen (secondary N) is 1. The van der Waals surface area contributed by atoms with Crippen LogP contribution in [0.5, 0.6) is 0 Å². The van der Waals surface area contributed by atoms with Gasteiger partial charge in [0.15, 0.2) is 0 Å². The van der Waals surface area contributed by atoms with Crippen LogP contribution in [0, 0.1) is 11.3 Å². The molecule has 1 aliphatic carbocycles. The monoisotopic (exact) mass is 294 g/mol. The maximum atomic E-state index is 12.4. The third-order valence-corrected chi connectivity index (χ3v) is 3.55. The van der Waals surface area contributed by atoms with Crippen LogP contribution in [0.25, 0.3) is 5.70 Å². The number of aromatic amines is 1. The summed E-state index contributed by atoms with van der Waals surface area (Å²) >= 11 is 0. The summed E-state index contributed by atoms with van der Waals surface area (Å²) in [5, 5.41) is 11.5. The van der Waals surface area contributed by atoms with Crippen molar-refractivity contribution in [2.75, 3.05) is 0 Å². The van der Waals surface area contributed by atoms with E-state index in [9.17, 15) is 9.59 Å². The summed E-state index contributed by atoms with van der Waals surface area (Å²) in [5.41, 5.74) is 1.11. The summed E-state index contributed by atoms with van der Waals surface area (Å²) in [6.45, 7) is 0.212. The lowest BCUT2D eigenvalue weighted by atomic mass is 10.0. The lowest BCUT2D eigenvalue weighted by Gasteiger charge is -2.08. The molecule has 0 spiro atoms. The minimum absolute atomic E-state index is 0.212. The first-order valence-electron chi connectivity index (χ1n) is 6.96. The number of hydrogen-bond donors (Lipinski definition) is 1. The summed E-state index contributed by atoms with van der Waals surface area (Å²) < 4.78 is 2.34. The highest BCUT2D eigenvalue weighted by Gasteiger charge is 2.14. The zero-order chi connectivity index (χ0) is 15.5. The summed E-state index contributed by atoms with van der Waals surface area (Å²) in [5.74, 6) is 0. The molecule has 110 valence electrons. The Labute approximate surface area is 126 Å². The van der Waals surface area contributed by atoms with E-state index < -0.39 is 11.4 Å². The number of aromatic nitrogens is 3. The number of nitrogens with zero attached hydrogens (tertiary/aromatic N) is 3. The van der Waals surface area contributed by atoms with E-state index in [2.05, 4.69) is 11.2 Å². The number of benzene rings is 1. The van der Waals surface area contributed by atoms with Crippen LogP contribution in [-0.4, -0.2) is 14.3 Å². The van der Waals surface area contributed by atoms with Gasteiger partial charge in [-0.25, -0.2) is 23.9 Å². The maximum Gasteiger partial charge on any atom is 0.352 e. The molecule has 0 amide bonds. The number of nitriles is 1. The fourth-order valence-electron chi connectivity index (χ4n) is 2.42. The van der Waals surface area contributed by atoms with Gasteiger partial charge in [-0.15, -0.1) is 0 Å². The van der Waals surface area contributed by atoms with E-state index in [4.69, 9.17) is 5.26 Å². The van der Waals surface area contributed by atoms with E-state index in [1.54, 1.807) is 6.08 Å². The highest BCUT2D eigenvalue weighted by molar-refractivity contribution is 5.60. The Kier molecular flexibility index (Phi) is 3.62. The van der Waals surface area contributed by atoms with Crippen molar-refractivity contribution in [3.05, 3.63) is 74.6 Å². The molecule has 0 saturated carbocycles. The van der Waals surface area contributed by atoms with Crippen molar-refractivity contribution in [3.8, 4) is 6.07 Å². The molecule has 1 heterocycles. The molecule has 1 aromatic carbocycles. The minimum atomic E-state index is -0.466. The molecule has 22 heavy (non-hydrogen) atoms. The molecule has 3 rings (SSSR count). The van der Waals surface area contributed by atoms with E-state index in [0.717, 1.165) is 10.1 Å². The first-order chi connectivity index (χ1) is 10.7. The Morgan fingerprint density at radius 3 is 2.73 bits per heavy atom. The van der Waals surface area contributed by atoms with Gasteiger partial charge in [-0.2, -0.15) is 5.26 Å². The van der Waals surface area contributed by atoms with Crippen LogP contribution in [0.3, 0.4) is 0 Å². The molecular formula is C16H14N4O2. The van der Waals surface area contributed by atoms with Gasteiger partial charge in [0.05, 0.1) is 18.3 Å². The van der Waals surface area contributed by atoms with Crippen molar-refractivity contribution in [1.29, 1.82) is 5.26 Å². The highest BCUT2D eigenvalue weighted by Crippen LogP contribution is 2.18. The van der Waals surface area contributed by atoms with Gasteiger partial charge in [0.25, 0.3) is 0 Å². The molecule has 0 atom stereocenters. The molecule has 1 aliphatic rings. The number of H-pyrrole nitrogens is 1. The topological polar surface area (TPSA) is 83.6 Å². The lowest BCUT2D eigenvalue weighted by molar-refractivity contribution is 0.725. The number of rotatable bonds is 3. The molecule has 2 aromatic rings. The number of allylic oxidation sites excluding steroid dienone is 4. The quantitative estimate of drug-likeness (QED) is 0.930. The zero-order valence-corrected chi connectivity index (χ0v) is 11.8. The first kappa shape index (κ1) is 13.9. The van der Waals surface area contributed by atoms with Crippen LogP contribution in [0.4, 0.5) is 0 Å². The largest absolute Gasteiger partial charge is 0.352 e. The average molecular weight is 294 g/mol. The summed E-state index contributed by atoms with van der Waals surface area (Å²) in [4.78, 5) is 24.5. The molecule has 1 N–H and O–H groups in total. The Morgan fingerprint density at radius 2 is 2.00 bits per heavy atom.